The molecule has 7 heteroatoms. The van der Waals surface area contributed by atoms with E-state index in [0.717, 1.165) is 38.5 Å². The Hall–Kier alpha value is -0.660. The van der Waals surface area contributed by atoms with Gasteiger partial charge in [-0.1, -0.05) is 149 Å². The fraction of sp³-hybridized carbons (Fsp3) is 0.967. The summed E-state index contributed by atoms with van der Waals surface area (Å²) < 4.78 is 32.2. The van der Waals surface area contributed by atoms with Crippen molar-refractivity contribution in [3.05, 3.63) is 0 Å². The molecule has 0 saturated carbocycles. The summed E-state index contributed by atoms with van der Waals surface area (Å²) in [6.45, 7) is 4.47. The third-order valence-electron chi connectivity index (χ3n) is 7.31. The lowest BCUT2D eigenvalue weighted by molar-refractivity contribution is -0.122. The number of aliphatic hydroxyl groups is 1. The Kier molecular flexibility index (Phi) is 25.2. The van der Waals surface area contributed by atoms with Crippen molar-refractivity contribution in [2.24, 2.45) is 0 Å². The first-order valence-corrected chi connectivity index (χ1v) is 17.3. The lowest BCUT2D eigenvalue weighted by Crippen LogP contribution is -2.47. The van der Waals surface area contributed by atoms with E-state index in [0.29, 0.717) is 12.8 Å². The van der Waals surface area contributed by atoms with Gasteiger partial charge in [-0.25, -0.2) is 0 Å². The van der Waals surface area contributed by atoms with E-state index in [1.807, 2.05) is 0 Å². The second kappa shape index (κ2) is 25.6. The number of hydrogen-bond acceptors (Lipinski definition) is 4. The molecule has 0 bridgehead atoms. The van der Waals surface area contributed by atoms with Gasteiger partial charge in [0, 0.05) is 6.42 Å². The number of carbonyl (C=O) groups is 1. The molecule has 0 saturated heterocycles. The zero-order valence-corrected chi connectivity index (χ0v) is 25.2. The third-order valence-corrected chi connectivity index (χ3v) is 8.09. The number of amides is 1. The molecule has 0 radical (unpaired) electrons. The number of aliphatic hydroxyl groups excluding tert-OH is 1. The van der Waals surface area contributed by atoms with Gasteiger partial charge in [-0.3, -0.25) is 9.35 Å². The van der Waals surface area contributed by atoms with Crippen LogP contribution in [0.15, 0.2) is 0 Å². The van der Waals surface area contributed by atoms with Crippen molar-refractivity contribution in [1.82, 2.24) is 5.32 Å². The Balaban J connectivity index is 3.99. The summed E-state index contributed by atoms with van der Waals surface area (Å²) in [5.74, 6) is -0.890. The number of rotatable bonds is 28. The molecule has 0 aliphatic carbocycles. The molecule has 0 aromatic heterocycles. The molecule has 0 fully saturated rings. The molecule has 2 atom stereocenters. The smallest absolute Gasteiger partial charge is 0.266 e. The predicted octanol–water partition coefficient (Wildman–Crippen LogP) is 8.12. The normalized spacial score (nSPS) is 13.5. The molecule has 6 nitrogen and oxygen atoms in total. The van der Waals surface area contributed by atoms with E-state index in [1.54, 1.807) is 0 Å². The van der Waals surface area contributed by atoms with Gasteiger partial charge in [0.1, 0.15) is 0 Å². The second-order valence-electron chi connectivity index (χ2n) is 11.1. The maximum atomic E-state index is 12.4. The van der Waals surface area contributed by atoms with Crippen molar-refractivity contribution in [1.29, 1.82) is 0 Å². The van der Waals surface area contributed by atoms with E-state index in [9.17, 15) is 22.9 Å². The minimum absolute atomic E-state index is 0.248. The Morgan fingerprint density at radius 3 is 1.35 bits per heavy atom. The SMILES string of the molecule is CCCCCCCCCCCCCC(=O)NC(CS(=O)(=O)O)C(O)CCCCCCCCCCCCC. The minimum Gasteiger partial charge on any atom is -0.391 e. The molecule has 0 aromatic rings. The quantitative estimate of drug-likeness (QED) is 0.0677. The summed E-state index contributed by atoms with van der Waals surface area (Å²) in [6, 6.07) is -0.960. The molecule has 0 aliphatic heterocycles. The molecule has 0 rings (SSSR count). The Morgan fingerprint density at radius 2 is 0.973 bits per heavy atom. The Morgan fingerprint density at radius 1 is 0.622 bits per heavy atom. The zero-order valence-electron chi connectivity index (χ0n) is 24.4. The van der Waals surface area contributed by atoms with Gasteiger partial charge in [-0.15, -0.1) is 0 Å². The van der Waals surface area contributed by atoms with Crippen molar-refractivity contribution >= 4 is 16.0 Å². The van der Waals surface area contributed by atoms with Crippen LogP contribution >= 0.6 is 0 Å². The van der Waals surface area contributed by atoms with Crippen LogP contribution in [-0.2, 0) is 14.9 Å². The molecule has 0 aliphatic rings. The van der Waals surface area contributed by atoms with Crippen LogP contribution in [0.4, 0.5) is 0 Å². The van der Waals surface area contributed by atoms with Gasteiger partial charge in [0.05, 0.1) is 17.9 Å². The summed E-state index contributed by atoms with van der Waals surface area (Å²) >= 11 is 0. The maximum absolute atomic E-state index is 12.4. The molecule has 1 amide bonds. The fourth-order valence-electron chi connectivity index (χ4n) is 4.92. The maximum Gasteiger partial charge on any atom is 0.266 e. The van der Waals surface area contributed by atoms with Crippen molar-refractivity contribution in [3.63, 3.8) is 0 Å². The highest BCUT2D eigenvalue weighted by Crippen LogP contribution is 2.15. The zero-order chi connectivity index (χ0) is 27.6. The number of hydrogen-bond donors (Lipinski definition) is 3. The molecule has 0 spiro atoms. The fourth-order valence-corrected chi connectivity index (χ4v) is 5.68. The molecule has 0 aromatic carbocycles. The first-order valence-electron chi connectivity index (χ1n) is 15.7. The van der Waals surface area contributed by atoms with Crippen molar-refractivity contribution in [3.8, 4) is 0 Å². The molecular formula is C30H61NO5S. The molecule has 222 valence electrons. The van der Waals surface area contributed by atoms with Crippen LogP contribution in [0.3, 0.4) is 0 Å². The van der Waals surface area contributed by atoms with Crippen LogP contribution in [0, 0.1) is 0 Å². The van der Waals surface area contributed by atoms with Crippen molar-refractivity contribution in [2.45, 2.75) is 180 Å². The monoisotopic (exact) mass is 547 g/mol. The van der Waals surface area contributed by atoms with E-state index >= 15 is 0 Å². The van der Waals surface area contributed by atoms with Crippen molar-refractivity contribution < 1.29 is 22.9 Å². The number of nitrogens with one attached hydrogen (secondary N) is 1. The molecule has 0 heterocycles. The number of unbranched alkanes of at least 4 members (excludes halogenated alkanes) is 20. The van der Waals surface area contributed by atoms with E-state index < -0.39 is 28.0 Å². The second-order valence-corrected chi connectivity index (χ2v) is 12.6. The summed E-state index contributed by atoms with van der Waals surface area (Å²) in [5.41, 5.74) is 0. The molecule has 37 heavy (non-hydrogen) atoms. The minimum atomic E-state index is -4.29. The van der Waals surface area contributed by atoms with Gasteiger partial charge >= 0.3 is 0 Å². The average Bonchev–Trinajstić information content (AvgIpc) is 2.84. The van der Waals surface area contributed by atoms with E-state index in [-0.39, 0.29) is 5.91 Å². The Bertz CT molecular complexity index is 611. The predicted molar refractivity (Wildman–Crippen MR) is 157 cm³/mol. The van der Waals surface area contributed by atoms with Gasteiger partial charge in [0.25, 0.3) is 10.1 Å². The molecule has 3 N–H and O–H groups in total. The standard InChI is InChI=1S/C30H61NO5S/c1-3-5-7-9-11-13-15-17-19-21-23-25-29(32)28(27-37(34,35)36)31-30(33)26-24-22-20-18-16-14-12-10-8-6-4-2/h28-29,32H,3-27H2,1-2H3,(H,31,33)(H,34,35,36). The summed E-state index contributed by atoms with van der Waals surface area (Å²) in [4.78, 5) is 12.4. The topological polar surface area (TPSA) is 104 Å². The number of carbonyl (C=O) groups excluding carboxylic acids is 1. The van der Waals surface area contributed by atoms with E-state index in [1.165, 1.54) is 103 Å². The largest absolute Gasteiger partial charge is 0.391 e. The lowest BCUT2D eigenvalue weighted by Gasteiger charge is -2.23. The van der Waals surface area contributed by atoms with Crippen LogP contribution in [0.2, 0.25) is 0 Å². The van der Waals surface area contributed by atoms with Crippen LogP contribution in [0.25, 0.3) is 0 Å². The first-order chi connectivity index (χ1) is 17.8. The van der Waals surface area contributed by atoms with E-state index in [2.05, 4.69) is 19.2 Å². The third kappa shape index (κ3) is 26.7. The van der Waals surface area contributed by atoms with Crippen LogP contribution in [0.1, 0.15) is 168 Å². The Labute approximate surface area is 229 Å². The van der Waals surface area contributed by atoms with Crippen molar-refractivity contribution in [2.75, 3.05) is 5.75 Å². The summed E-state index contributed by atoms with van der Waals surface area (Å²) in [5, 5.41) is 13.2. The van der Waals surface area contributed by atoms with Gasteiger partial charge in [-0.2, -0.15) is 8.42 Å². The van der Waals surface area contributed by atoms with Gasteiger partial charge in [0.2, 0.25) is 5.91 Å². The van der Waals surface area contributed by atoms with Gasteiger partial charge in [-0.05, 0) is 12.8 Å². The average molecular weight is 548 g/mol. The first kappa shape index (κ1) is 36.3. The van der Waals surface area contributed by atoms with Crippen LogP contribution < -0.4 is 5.32 Å². The van der Waals surface area contributed by atoms with Crippen LogP contribution in [0.5, 0.6) is 0 Å². The summed E-state index contributed by atoms with van der Waals surface area (Å²) in [6.07, 6.45) is 26.2. The molecular weight excluding hydrogens is 486 g/mol. The van der Waals surface area contributed by atoms with Crippen LogP contribution in [-0.4, -0.2) is 41.9 Å². The van der Waals surface area contributed by atoms with Gasteiger partial charge in [0.15, 0.2) is 0 Å². The highest BCUT2D eigenvalue weighted by Gasteiger charge is 2.26. The highest BCUT2D eigenvalue weighted by molar-refractivity contribution is 7.85. The lowest BCUT2D eigenvalue weighted by atomic mass is 10.0. The van der Waals surface area contributed by atoms with E-state index in [4.69, 9.17) is 0 Å². The molecule has 2 unspecified atom stereocenters. The highest BCUT2D eigenvalue weighted by atomic mass is 32.2. The summed E-state index contributed by atoms with van der Waals surface area (Å²) in [7, 11) is -4.29. The van der Waals surface area contributed by atoms with Gasteiger partial charge < -0.3 is 10.4 Å².